The maximum atomic E-state index is 8.12. The van der Waals surface area contributed by atoms with E-state index in [1.807, 2.05) is 25.1 Å². The second-order valence-corrected chi connectivity index (χ2v) is 3.07. The first-order valence-corrected chi connectivity index (χ1v) is 4.36. The summed E-state index contributed by atoms with van der Waals surface area (Å²) in [6, 6.07) is 10.5. The first-order chi connectivity index (χ1) is 6.33. The van der Waals surface area contributed by atoms with E-state index < -0.39 is 0 Å². The van der Waals surface area contributed by atoms with Crippen molar-refractivity contribution in [2.24, 2.45) is 0 Å². The highest BCUT2D eigenvalue weighted by Gasteiger charge is 2.01. The standard InChI is InChI=1S/C10H15NO2/c1-9(11-8-13-12)7-10-5-3-2-4-6-10/h2-6,9,11-12H,7-8H2,1H3. The van der Waals surface area contributed by atoms with Crippen LogP contribution in [0, 0.1) is 0 Å². The summed E-state index contributed by atoms with van der Waals surface area (Å²) in [7, 11) is 0. The fourth-order valence-corrected chi connectivity index (χ4v) is 1.22. The molecule has 0 aliphatic heterocycles. The number of hydrogen-bond donors (Lipinski definition) is 2. The number of benzene rings is 1. The van der Waals surface area contributed by atoms with Gasteiger partial charge in [-0.05, 0) is 18.9 Å². The van der Waals surface area contributed by atoms with Crippen LogP contribution in [0.1, 0.15) is 12.5 Å². The Bertz CT molecular complexity index is 226. The van der Waals surface area contributed by atoms with E-state index >= 15 is 0 Å². The van der Waals surface area contributed by atoms with Gasteiger partial charge in [-0.25, -0.2) is 4.89 Å². The van der Waals surface area contributed by atoms with Gasteiger partial charge in [0, 0.05) is 6.04 Å². The molecule has 72 valence electrons. The van der Waals surface area contributed by atoms with E-state index in [4.69, 9.17) is 5.26 Å². The molecule has 1 unspecified atom stereocenters. The van der Waals surface area contributed by atoms with Gasteiger partial charge in [-0.15, -0.1) is 0 Å². The van der Waals surface area contributed by atoms with Gasteiger partial charge < -0.3 is 0 Å². The third-order valence-corrected chi connectivity index (χ3v) is 1.88. The highest BCUT2D eigenvalue weighted by atomic mass is 17.1. The number of nitrogens with one attached hydrogen (secondary N) is 1. The van der Waals surface area contributed by atoms with Crippen molar-refractivity contribution in [3.05, 3.63) is 35.9 Å². The monoisotopic (exact) mass is 181 g/mol. The van der Waals surface area contributed by atoms with Crippen LogP contribution in [0.15, 0.2) is 30.3 Å². The summed E-state index contributed by atoms with van der Waals surface area (Å²) in [5.74, 6) is 0. The lowest BCUT2D eigenvalue weighted by molar-refractivity contribution is -0.248. The van der Waals surface area contributed by atoms with Gasteiger partial charge in [0.2, 0.25) is 0 Å². The molecule has 1 aromatic carbocycles. The molecule has 0 heterocycles. The molecule has 13 heavy (non-hydrogen) atoms. The van der Waals surface area contributed by atoms with Crippen LogP contribution in [0.2, 0.25) is 0 Å². The second kappa shape index (κ2) is 5.70. The quantitative estimate of drug-likeness (QED) is 0.412. The van der Waals surface area contributed by atoms with Crippen LogP contribution in [0.4, 0.5) is 0 Å². The lowest BCUT2D eigenvalue weighted by Gasteiger charge is -2.11. The zero-order valence-corrected chi connectivity index (χ0v) is 7.73. The Balaban J connectivity index is 2.32. The highest BCUT2D eigenvalue weighted by Crippen LogP contribution is 2.02. The Morgan fingerprint density at radius 1 is 1.38 bits per heavy atom. The van der Waals surface area contributed by atoms with E-state index in [-0.39, 0.29) is 6.73 Å². The van der Waals surface area contributed by atoms with Crippen molar-refractivity contribution >= 4 is 0 Å². The second-order valence-electron chi connectivity index (χ2n) is 3.07. The third kappa shape index (κ3) is 4.03. The third-order valence-electron chi connectivity index (χ3n) is 1.88. The van der Waals surface area contributed by atoms with Crippen molar-refractivity contribution in [2.75, 3.05) is 6.73 Å². The molecule has 0 amide bonds. The molecule has 3 heteroatoms. The summed E-state index contributed by atoms with van der Waals surface area (Å²) in [6.45, 7) is 2.22. The molecule has 0 bridgehead atoms. The predicted molar refractivity (Wildman–Crippen MR) is 51.3 cm³/mol. The molecule has 0 saturated heterocycles. The normalized spacial score (nSPS) is 12.8. The van der Waals surface area contributed by atoms with Crippen molar-refractivity contribution in [2.45, 2.75) is 19.4 Å². The summed E-state index contributed by atoms with van der Waals surface area (Å²) in [5.41, 5.74) is 1.28. The van der Waals surface area contributed by atoms with Gasteiger partial charge in [0.25, 0.3) is 0 Å². The largest absolute Gasteiger partial charge is 0.289 e. The molecular formula is C10H15NO2. The van der Waals surface area contributed by atoms with Gasteiger partial charge in [0.1, 0.15) is 6.73 Å². The molecule has 1 rings (SSSR count). The maximum Gasteiger partial charge on any atom is 0.132 e. The van der Waals surface area contributed by atoms with Crippen molar-refractivity contribution in [3.63, 3.8) is 0 Å². The number of rotatable bonds is 5. The van der Waals surface area contributed by atoms with Gasteiger partial charge in [-0.3, -0.25) is 10.6 Å². The lowest BCUT2D eigenvalue weighted by atomic mass is 10.1. The molecule has 0 aromatic heterocycles. The van der Waals surface area contributed by atoms with Gasteiger partial charge in [0.05, 0.1) is 0 Å². The zero-order chi connectivity index (χ0) is 9.52. The Hall–Kier alpha value is -0.900. The summed E-state index contributed by atoms with van der Waals surface area (Å²) in [4.78, 5) is 3.94. The molecule has 1 atom stereocenters. The first-order valence-electron chi connectivity index (χ1n) is 4.36. The summed E-state index contributed by atoms with van der Waals surface area (Å²) >= 11 is 0. The average molecular weight is 181 g/mol. The van der Waals surface area contributed by atoms with Gasteiger partial charge in [-0.2, -0.15) is 0 Å². The Morgan fingerprint density at radius 2 is 2.08 bits per heavy atom. The Labute approximate surface area is 78.3 Å². The minimum absolute atomic E-state index is 0.175. The molecule has 0 radical (unpaired) electrons. The van der Waals surface area contributed by atoms with Crippen LogP contribution in [-0.4, -0.2) is 18.0 Å². The lowest BCUT2D eigenvalue weighted by Crippen LogP contribution is -2.29. The minimum Gasteiger partial charge on any atom is -0.289 e. The fraction of sp³-hybridized carbons (Fsp3) is 0.400. The van der Waals surface area contributed by atoms with E-state index in [1.54, 1.807) is 0 Å². The van der Waals surface area contributed by atoms with Crippen molar-refractivity contribution in [1.82, 2.24) is 5.32 Å². The van der Waals surface area contributed by atoms with Gasteiger partial charge in [-0.1, -0.05) is 30.3 Å². The van der Waals surface area contributed by atoms with Crippen LogP contribution in [0.3, 0.4) is 0 Å². The Morgan fingerprint density at radius 3 is 2.69 bits per heavy atom. The maximum absolute atomic E-state index is 8.12. The van der Waals surface area contributed by atoms with E-state index in [2.05, 4.69) is 22.3 Å². The van der Waals surface area contributed by atoms with Crippen LogP contribution >= 0.6 is 0 Å². The average Bonchev–Trinajstić information content (AvgIpc) is 2.16. The summed E-state index contributed by atoms with van der Waals surface area (Å²) < 4.78 is 0. The Kier molecular flexibility index (Phi) is 4.46. The number of hydrogen-bond acceptors (Lipinski definition) is 3. The van der Waals surface area contributed by atoms with Crippen molar-refractivity contribution in [3.8, 4) is 0 Å². The van der Waals surface area contributed by atoms with Crippen LogP contribution in [-0.2, 0) is 11.3 Å². The van der Waals surface area contributed by atoms with E-state index in [0.717, 1.165) is 6.42 Å². The molecule has 0 saturated carbocycles. The SMILES string of the molecule is CC(Cc1ccccc1)NCOO. The van der Waals surface area contributed by atoms with Crippen LogP contribution in [0.25, 0.3) is 0 Å². The molecule has 2 N–H and O–H groups in total. The molecule has 0 aliphatic carbocycles. The molecule has 3 nitrogen and oxygen atoms in total. The molecule has 1 aromatic rings. The molecule has 0 spiro atoms. The molecular weight excluding hydrogens is 166 g/mol. The summed E-state index contributed by atoms with van der Waals surface area (Å²) in [5, 5.41) is 11.1. The van der Waals surface area contributed by atoms with E-state index in [1.165, 1.54) is 5.56 Å². The van der Waals surface area contributed by atoms with Gasteiger partial charge >= 0.3 is 0 Å². The molecule has 0 fully saturated rings. The fourth-order valence-electron chi connectivity index (χ4n) is 1.22. The van der Waals surface area contributed by atoms with E-state index in [0.29, 0.717) is 6.04 Å². The smallest absolute Gasteiger partial charge is 0.132 e. The van der Waals surface area contributed by atoms with Crippen molar-refractivity contribution in [1.29, 1.82) is 0 Å². The van der Waals surface area contributed by atoms with Crippen molar-refractivity contribution < 1.29 is 10.1 Å². The highest BCUT2D eigenvalue weighted by molar-refractivity contribution is 5.15. The predicted octanol–water partition coefficient (Wildman–Crippen LogP) is 1.65. The topological polar surface area (TPSA) is 41.5 Å². The van der Waals surface area contributed by atoms with Crippen LogP contribution in [0.5, 0.6) is 0 Å². The first kappa shape index (κ1) is 10.2. The summed E-state index contributed by atoms with van der Waals surface area (Å²) in [6.07, 6.45) is 0.935. The zero-order valence-electron chi connectivity index (χ0n) is 7.73. The minimum atomic E-state index is 0.175. The van der Waals surface area contributed by atoms with Crippen LogP contribution < -0.4 is 5.32 Å². The molecule has 0 aliphatic rings. The van der Waals surface area contributed by atoms with Gasteiger partial charge in [0.15, 0.2) is 0 Å². The van der Waals surface area contributed by atoms with E-state index in [9.17, 15) is 0 Å².